The Balaban J connectivity index is 1.50. The van der Waals surface area contributed by atoms with E-state index >= 15 is 0 Å². The summed E-state index contributed by atoms with van der Waals surface area (Å²) in [5.74, 6) is 1.03. The molecule has 2 aromatic rings. The SMILES string of the molecule is Cc1ccc(C(=O)N2CCc3cc(C(=O)[C@@H](C)[NH+]4CCC(C)CC4)ccc32)cc1. The average molecular weight is 392 g/mol. The van der Waals surface area contributed by atoms with Gasteiger partial charge in [-0.3, -0.25) is 9.59 Å². The number of aryl methyl sites for hydroxylation is 1. The molecule has 4 heteroatoms. The molecule has 0 saturated carbocycles. The minimum Gasteiger partial charge on any atom is -0.326 e. The average Bonchev–Trinajstić information content (AvgIpc) is 3.16. The number of carbonyl (C=O) groups excluding carboxylic acids is 2. The van der Waals surface area contributed by atoms with Crippen LogP contribution in [0.15, 0.2) is 42.5 Å². The van der Waals surface area contributed by atoms with Crippen molar-refractivity contribution in [1.29, 1.82) is 0 Å². The monoisotopic (exact) mass is 391 g/mol. The van der Waals surface area contributed by atoms with Gasteiger partial charge >= 0.3 is 0 Å². The number of nitrogens with zero attached hydrogens (tertiary/aromatic N) is 1. The molecular weight excluding hydrogens is 360 g/mol. The molecule has 2 heterocycles. The first-order valence-corrected chi connectivity index (χ1v) is 10.8. The number of benzene rings is 2. The Labute approximate surface area is 173 Å². The van der Waals surface area contributed by atoms with E-state index in [2.05, 4.69) is 13.8 Å². The van der Waals surface area contributed by atoms with Crippen molar-refractivity contribution in [1.82, 2.24) is 0 Å². The van der Waals surface area contributed by atoms with E-state index in [1.165, 1.54) is 17.7 Å². The van der Waals surface area contributed by atoms with E-state index in [0.717, 1.165) is 47.8 Å². The number of Topliss-reactive ketones (excluding diaryl/α,β-unsaturated/α-hetero) is 1. The van der Waals surface area contributed by atoms with Crippen molar-refractivity contribution < 1.29 is 14.5 Å². The normalized spacial score (nSPS) is 22.2. The van der Waals surface area contributed by atoms with Crippen LogP contribution < -0.4 is 9.80 Å². The summed E-state index contributed by atoms with van der Waals surface area (Å²) in [6.07, 6.45) is 3.21. The van der Waals surface area contributed by atoms with E-state index in [9.17, 15) is 9.59 Å². The molecular formula is C25H31N2O2+. The summed E-state index contributed by atoms with van der Waals surface area (Å²) in [7, 11) is 0. The maximum absolute atomic E-state index is 13.1. The third-order valence-electron chi connectivity index (χ3n) is 6.73. The molecule has 0 aromatic heterocycles. The quantitative estimate of drug-likeness (QED) is 0.814. The molecule has 1 saturated heterocycles. The molecule has 0 spiro atoms. The molecule has 0 unspecified atom stereocenters. The van der Waals surface area contributed by atoms with Gasteiger partial charge in [-0.15, -0.1) is 0 Å². The lowest BCUT2D eigenvalue weighted by atomic mass is 9.95. The summed E-state index contributed by atoms with van der Waals surface area (Å²) in [6.45, 7) is 9.22. The molecule has 2 aliphatic rings. The van der Waals surface area contributed by atoms with Crippen LogP contribution >= 0.6 is 0 Å². The number of quaternary nitrogens is 1. The molecule has 1 N–H and O–H groups in total. The highest BCUT2D eigenvalue weighted by atomic mass is 16.2. The number of nitrogens with one attached hydrogen (secondary N) is 1. The molecule has 1 atom stereocenters. The Hall–Kier alpha value is -2.46. The zero-order valence-corrected chi connectivity index (χ0v) is 17.7. The highest BCUT2D eigenvalue weighted by molar-refractivity contribution is 6.08. The van der Waals surface area contributed by atoms with Gasteiger partial charge in [0.25, 0.3) is 5.91 Å². The van der Waals surface area contributed by atoms with Crippen molar-refractivity contribution in [3.8, 4) is 0 Å². The van der Waals surface area contributed by atoms with Gasteiger partial charge in [0.15, 0.2) is 0 Å². The van der Waals surface area contributed by atoms with Crippen LogP contribution in [0.5, 0.6) is 0 Å². The first-order chi connectivity index (χ1) is 13.9. The van der Waals surface area contributed by atoms with E-state index in [4.69, 9.17) is 0 Å². The molecule has 0 aliphatic carbocycles. The van der Waals surface area contributed by atoms with Gasteiger partial charge in [0.2, 0.25) is 5.78 Å². The Morgan fingerprint density at radius 3 is 2.38 bits per heavy atom. The molecule has 2 aromatic carbocycles. The van der Waals surface area contributed by atoms with Gasteiger partial charge in [0, 0.05) is 23.4 Å². The number of piperidine rings is 1. The zero-order valence-electron chi connectivity index (χ0n) is 17.7. The highest BCUT2D eigenvalue weighted by Crippen LogP contribution is 2.30. The largest absolute Gasteiger partial charge is 0.326 e. The Morgan fingerprint density at radius 2 is 1.69 bits per heavy atom. The summed E-state index contributed by atoms with van der Waals surface area (Å²) in [5.41, 5.74) is 4.68. The van der Waals surface area contributed by atoms with E-state index < -0.39 is 0 Å². The maximum Gasteiger partial charge on any atom is 0.258 e. The van der Waals surface area contributed by atoms with Gasteiger partial charge in [0.1, 0.15) is 6.04 Å². The van der Waals surface area contributed by atoms with E-state index in [0.29, 0.717) is 12.1 Å². The van der Waals surface area contributed by atoms with Crippen LogP contribution in [0.3, 0.4) is 0 Å². The van der Waals surface area contributed by atoms with Crippen LogP contribution in [0.2, 0.25) is 0 Å². The zero-order chi connectivity index (χ0) is 20.5. The van der Waals surface area contributed by atoms with Crippen molar-refractivity contribution in [3.05, 3.63) is 64.7 Å². The Kier molecular flexibility index (Phi) is 5.55. The van der Waals surface area contributed by atoms with Gasteiger partial charge in [-0.1, -0.05) is 24.6 Å². The minimum atomic E-state index is -0.00718. The predicted molar refractivity (Wildman–Crippen MR) is 116 cm³/mol. The van der Waals surface area contributed by atoms with Gasteiger partial charge in [-0.2, -0.15) is 0 Å². The summed E-state index contributed by atoms with van der Waals surface area (Å²) >= 11 is 0. The molecule has 4 rings (SSSR count). The van der Waals surface area contributed by atoms with Gasteiger partial charge in [0.05, 0.1) is 13.1 Å². The van der Waals surface area contributed by atoms with Crippen molar-refractivity contribution in [2.24, 2.45) is 5.92 Å². The van der Waals surface area contributed by atoms with Crippen LogP contribution in [-0.2, 0) is 6.42 Å². The van der Waals surface area contributed by atoms with Crippen molar-refractivity contribution >= 4 is 17.4 Å². The summed E-state index contributed by atoms with van der Waals surface area (Å²) in [5, 5.41) is 0. The Bertz CT molecular complexity index is 911. The van der Waals surface area contributed by atoms with Gasteiger partial charge < -0.3 is 9.80 Å². The van der Waals surface area contributed by atoms with Crippen molar-refractivity contribution in [2.45, 2.75) is 46.1 Å². The number of carbonyl (C=O) groups is 2. The summed E-state index contributed by atoms with van der Waals surface area (Å²) in [6, 6.07) is 13.6. The fourth-order valence-electron chi connectivity index (χ4n) is 4.62. The second-order valence-corrected chi connectivity index (χ2v) is 8.84. The van der Waals surface area contributed by atoms with Crippen LogP contribution in [0, 0.1) is 12.8 Å². The van der Waals surface area contributed by atoms with E-state index in [-0.39, 0.29) is 17.7 Å². The molecule has 4 nitrogen and oxygen atoms in total. The highest BCUT2D eigenvalue weighted by Gasteiger charge is 2.31. The lowest BCUT2D eigenvalue weighted by molar-refractivity contribution is -0.919. The summed E-state index contributed by atoms with van der Waals surface area (Å²) < 4.78 is 0. The number of hydrogen-bond acceptors (Lipinski definition) is 2. The fourth-order valence-corrected chi connectivity index (χ4v) is 4.62. The molecule has 0 radical (unpaired) electrons. The molecule has 1 fully saturated rings. The lowest BCUT2D eigenvalue weighted by Crippen LogP contribution is -3.17. The third-order valence-corrected chi connectivity index (χ3v) is 6.73. The summed E-state index contributed by atoms with van der Waals surface area (Å²) in [4.78, 5) is 29.3. The number of hydrogen-bond donors (Lipinski definition) is 1. The first-order valence-electron chi connectivity index (χ1n) is 10.8. The number of fused-ring (bicyclic) bond motifs is 1. The fraction of sp³-hybridized carbons (Fsp3) is 0.440. The maximum atomic E-state index is 13.1. The third kappa shape index (κ3) is 3.99. The number of likely N-dealkylation sites (tertiary alicyclic amines) is 1. The second-order valence-electron chi connectivity index (χ2n) is 8.84. The molecule has 0 bridgehead atoms. The van der Waals surface area contributed by atoms with Crippen LogP contribution in [0.1, 0.15) is 58.5 Å². The molecule has 1 amide bonds. The van der Waals surface area contributed by atoms with Crippen molar-refractivity contribution in [2.75, 3.05) is 24.5 Å². The van der Waals surface area contributed by atoms with Crippen LogP contribution in [0.4, 0.5) is 5.69 Å². The molecule has 152 valence electrons. The number of anilines is 1. The van der Waals surface area contributed by atoms with E-state index in [1.54, 1.807) is 0 Å². The van der Waals surface area contributed by atoms with Crippen LogP contribution in [0.25, 0.3) is 0 Å². The van der Waals surface area contributed by atoms with E-state index in [1.807, 2.05) is 54.3 Å². The molecule has 29 heavy (non-hydrogen) atoms. The lowest BCUT2D eigenvalue weighted by Gasteiger charge is -2.31. The smallest absolute Gasteiger partial charge is 0.258 e. The Morgan fingerprint density at radius 1 is 1.03 bits per heavy atom. The predicted octanol–water partition coefficient (Wildman–Crippen LogP) is 3.08. The number of rotatable bonds is 4. The van der Waals surface area contributed by atoms with Crippen LogP contribution in [-0.4, -0.2) is 37.4 Å². The minimum absolute atomic E-state index is 0.00718. The van der Waals surface area contributed by atoms with Gasteiger partial charge in [-0.05, 0) is 74.9 Å². The standard InChI is InChI=1S/C25H30N2O2/c1-17-4-6-20(7-5-17)25(29)27-15-12-21-16-22(8-9-23(21)27)24(28)19(3)26-13-10-18(2)11-14-26/h4-9,16,18-19H,10-15H2,1-3H3/p+1/t19-/m1/s1. The second kappa shape index (κ2) is 8.11. The first kappa shape index (κ1) is 19.8. The molecule has 2 aliphatic heterocycles. The van der Waals surface area contributed by atoms with Gasteiger partial charge in [-0.25, -0.2) is 0 Å². The number of amides is 1. The number of ketones is 1. The van der Waals surface area contributed by atoms with Crippen molar-refractivity contribution in [3.63, 3.8) is 0 Å². The topological polar surface area (TPSA) is 41.8 Å².